The highest BCUT2D eigenvalue weighted by Crippen LogP contribution is 2.24. The number of rotatable bonds is 5. The number of nitrogens with zero attached hydrogens (tertiary/aromatic N) is 2. The Hall–Kier alpha value is -0.840. The Kier molecular flexibility index (Phi) is 4.43. The van der Waals surface area contributed by atoms with E-state index >= 15 is 0 Å². The third kappa shape index (κ3) is 2.76. The van der Waals surface area contributed by atoms with Gasteiger partial charge < -0.3 is 20.9 Å². The number of nitrogens with two attached hydrogens (primary N) is 2. The molecule has 4 nitrogen and oxygen atoms in total. The number of hydrogen-bond acceptors (Lipinski definition) is 3. The monoisotopic (exact) mass is 250 g/mol. The molecule has 4 N–H and O–H groups in total. The van der Waals surface area contributed by atoms with Crippen LogP contribution in [-0.4, -0.2) is 41.7 Å². The van der Waals surface area contributed by atoms with Gasteiger partial charge in [0, 0.05) is 43.4 Å². The van der Waals surface area contributed by atoms with Crippen LogP contribution in [-0.2, 0) is 13.5 Å². The molecule has 18 heavy (non-hydrogen) atoms. The standard InChI is InChI=1S/C14H26N4/c1-17-7-3-5-11(17)9-13(16)12(10-15)14-6-4-8-18(14)2/h3,5,7,12-14H,4,6,8-10,15-16H2,1-2H3. The van der Waals surface area contributed by atoms with E-state index < -0.39 is 0 Å². The molecule has 1 aromatic heterocycles. The van der Waals surface area contributed by atoms with Crippen molar-refractivity contribution in [1.29, 1.82) is 0 Å². The Morgan fingerprint density at radius 3 is 2.72 bits per heavy atom. The molecule has 0 saturated carbocycles. The normalized spacial score (nSPS) is 24.3. The van der Waals surface area contributed by atoms with Crippen LogP contribution in [0.2, 0.25) is 0 Å². The van der Waals surface area contributed by atoms with Crippen LogP contribution in [0.3, 0.4) is 0 Å². The van der Waals surface area contributed by atoms with Crippen LogP contribution in [0.25, 0.3) is 0 Å². The van der Waals surface area contributed by atoms with Crippen LogP contribution in [0.5, 0.6) is 0 Å². The third-order valence-electron chi connectivity index (χ3n) is 4.39. The maximum absolute atomic E-state index is 6.41. The minimum Gasteiger partial charge on any atom is -0.354 e. The first-order chi connectivity index (χ1) is 8.63. The van der Waals surface area contributed by atoms with Crippen molar-refractivity contribution in [3.8, 4) is 0 Å². The van der Waals surface area contributed by atoms with Crippen molar-refractivity contribution in [2.75, 3.05) is 20.1 Å². The predicted octanol–water partition coefficient (Wildman–Crippen LogP) is 0.564. The Balaban J connectivity index is 2.01. The molecule has 0 aromatic carbocycles. The van der Waals surface area contributed by atoms with Gasteiger partial charge in [0.25, 0.3) is 0 Å². The van der Waals surface area contributed by atoms with Gasteiger partial charge in [-0.25, -0.2) is 0 Å². The van der Waals surface area contributed by atoms with Crippen LogP contribution < -0.4 is 11.5 Å². The Labute approximate surface area is 110 Å². The SMILES string of the molecule is CN1CCCC1C(CN)C(N)Cc1cccn1C. The summed E-state index contributed by atoms with van der Waals surface area (Å²) < 4.78 is 2.14. The van der Waals surface area contributed by atoms with Gasteiger partial charge in [-0.2, -0.15) is 0 Å². The Morgan fingerprint density at radius 1 is 1.44 bits per heavy atom. The first kappa shape index (κ1) is 13.6. The molecular formula is C14H26N4. The van der Waals surface area contributed by atoms with Gasteiger partial charge in [0.2, 0.25) is 0 Å². The average Bonchev–Trinajstić information content (AvgIpc) is 2.91. The quantitative estimate of drug-likeness (QED) is 0.803. The van der Waals surface area contributed by atoms with Gasteiger partial charge in [-0.3, -0.25) is 0 Å². The fraction of sp³-hybridized carbons (Fsp3) is 0.714. The summed E-state index contributed by atoms with van der Waals surface area (Å²) in [6.07, 6.45) is 5.49. The van der Waals surface area contributed by atoms with Gasteiger partial charge in [0.1, 0.15) is 0 Å². The largest absolute Gasteiger partial charge is 0.354 e. The maximum Gasteiger partial charge on any atom is 0.0187 e. The molecule has 1 aliphatic heterocycles. The summed E-state index contributed by atoms with van der Waals surface area (Å²) in [5.41, 5.74) is 13.7. The first-order valence-electron chi connectivity index (χ1n) is 6.89. The maximum atomic E-state index is 6.41. The van der Waals surface area contributed by atoms with E-state index in [1.165, 1.54) is 25.1 Å². The van der Waals surface area contributed by atoms with Gasteiger partial charge in [-0.05, 0) is 45.1 Å². The van der Waals surface area contributed by atoms with Crippen molar-refractivity contribution in [2.24, 2.45) is 24.4 Å². The fourth-order valence-electron chi connectivity index (χ4n) is 3.20. The van der Waals surface area contributed by atoms with Crippen molar-refractivity contribution in [3.63, 3.8) is 0 Å². The van der Waals surface area contributed by atoms with Crippen molar-refractivity contribution in [2.45, 2.75) is 31.3 Å². The summed E-state index contributed by atoms with van der Waals surface area (Å²) in [4.78, 5) is 2.42. The molecule has 4 heteroatoms. The lowest BCUT2D eigenvalue weighted by Crippen LogP contribution is -2.48. The minimum absolute atomic E-state index is 0.147. The van der Waals surface area contributed by atoms with E-state index in [0.717, 1.165) is 6.42 Å². The van der Waals surface area contributed by atoms with Crippen LogP contribution in [0.4, 0.5) is 0 Å². The zero-order valence-electron chi connectivity index (χ0n) is 11.5. The van der Waals surface area contributed by atoms with Gasteiger partial charge in [-0.15, -0.1) is 0 Å². The average molecular weight is 250 g/mol. The zero-order chi connectivity index (χ0) is 13.1. The summed E-state index contributed by atoms with van der Waals surface area (Å²) in [7, 11) is 4.26. The molecule has 2 heterocycles. The molecule has 1 saturated heterocycles. The molecule has 0 bridgehead atoms. The lowest BCUT2D eigenvalue weighted by molar-refractivity contribution is 0.204. The molecule has 1 aliphatic rings. The van der Waals surface area contributed by atoms with E-state index in [2.05, 4.69) is 41.9 Å². The highest BCUT2D eigenvalue weighted by atomic mass is 15.2. The second kappa shape index (κ2) is 5.87. The molecule has 0 amide bonds. The highest BCUT2D eigenvalue weighted by Gasteiger charge is 2.32. The second-order valence-corrected chi connectivity index (χ2v) is 5.57. The van der Waals surface area contributed by atoms with Gasteiger partial charge >= 0.3 is 0 Å². The van der Waals surface area contributed by atoms with Crippen molar-refractivity contribution in [3.05, 3.63) is 24.0 Å². The lowest BCUT2D eigenvalue weighted by Gasteiger charge is -2.32. The highest BCUT2D eigenvalue weighted by molar-refractivity contribution is 5.09. The van der Waals surface area contributed by atoms with Gasteiger partial charge in [-0.1, -0.05) is 0 Å². The summed E-state index contributed by atoms with van der Waals surface area (Å²) >= 11 is 0. The third-order valence-corrected chi connectivity index (χ3v) is 4.39. The zero-order valence-corrected chi connectivity index (χ0v) is 11.5. The molecular weight excluding hydrogens is 224 g/mol. The predicted molar refractivity (Wildman–Crippen MR) is 75.3 cm³/mol. The molecule has 3 unspecified atom stereocenters. The molecule has 1 fully saturated rings. The number of aromatic nitrogens is 1. The van der Waals surface area contributed by atoms with E-state index in [9.17, 15) is 0 Å². The van der Waals surface area contributed by atoms with Crippen LogP contribution in [0, 0.1) is 5.92 Å². The topological polar surface area (TPSA) is 60.2 Å². The second-order valence-electron chi connectivity index (χ2n) is 5.57. The first-order valence-corrected chi connectivity index (χ1v) is 6.89. The van der Waals surface area contributed by atoms with E-state index in [-0.39, 0.29) is 6.04 Å². The van der Waals surface area contributed by atoms with Crippen LogP contribution in [0.1, 0.15) is 18.5 Å². The van der Waals surface area contributed by atoms with Gasteiger partial charge in [0.15, 0.2) is 0 Å². The Bertz CT molecular complexity index is 374. The molecule has 1 aromatic rings. The Morgan fingerprint density at radius 2 is 2.22 bits per heavy atom. The number of aryl methyl sites for hydroxylation is 1. The minimum atomic E-state index is 0.147. The van der Waals surface area contributed by atoms with E-state index in [0.29, 0.717) is 18.5 Å². The fourth-order valence-corrected chi connectivity index (χ4v) is 3.20. The van der Waals surface area contributed by atoms with E-state index in [1.54, 1.807) is 0 Å². The molecule has 0 radical (unpaired) electrons. The summed E-state index contributed by atoms with van der Waals surface area (Å²) in [6, 6.07) is 4.92. The van der Waals surface area contributed by atoms with E-state index in [1.807, 2.05) is 0 Å². The van der Waals surface area contributed by atoms with E-state index in [4.69, 9.17) is 11.5 Å². The smallest absolute Gasteiger partial charge is 0.0187 e. The molecule has 3 atom stereocenters. The molecule has 102 valence electrons. The van der Waals surface area contributed by atoms with Crippen molar-refractivity contribution >= 4 is 0 Å². The molecule has 2 rings (SSSR count). The molecule has 0 spiro atoms. The number of hydrogen-bond donors (Lipinski definition) is 2. The van der Waals surface area contributed by atoms with Crippen molar-refractivity contribution in [1.82, 2.24) is 9.47 Å². The summed E-state index contributed by atoms with van der Waals surface area (Å²) in [5, 5.41) is 0. The summed E-state index contributed by atoms with van der Waals surface area (Å²) in [5.74, 6) is 0.396. The number of likely N-dealkylation sites (tertiary alicyclic amines) is 1. The summed E-state index contributed by atoms with van der Waals surface area (Å²) in [6.45, 7) is 1.86. The molecule has 0 aliphatic carbocycles. The van der Waals surface area contributed by atoms with Crippen molar-refractivity contribution < 1.29 is 0 Å². The van der Waals surface area contributed by atoms with Crippen LogP contribution >= 0.6 is 0 Å². The van der Waals surface area contributed by atoms with Crippen LogP contribution in [0.15, 0.2) is 18.3 Å². The van der Waals surface area contributed by atoms with Gasteiger partial charge in [0.05, 0.1) is 0 Å². The lowest BCUT2D eigenvalue weighted by atomic mass is 9.88.